The minimum absolute atomic E-state index is 0.0230. The number of carbonyl (C=O) groups excluding carboxylic acids is 1. The van der Waals surface area contributed by atoms with Crippen LogP contribution in [0.25, 0.3) is 0 Å². The highest BCUT2D eigenvalue weighted by Gasteiger charge is 2.45. The van der Waals surface area contributed by atoms with Crippen LogP contribution in [0.5, 0.6) is 0 Å². The fourth-order valence-electron chi connectivity index (χ4n) is 3.04. The van der Waals surface area contributed by atoms with E-state index in [-0.39, 0.29) is 23.6 Å². The summed E-state index contributed by atoms with van der Waals surface area (Å²) in [6.45, 7) is 3.86. The van der Waals surface area contributed by atoms with Crippen LogP contribution in [0.4, 0.5) is 4.39 Å². The summed E-state index contributed by atoms with van der Waals surface area (Å²) in [6, 6.07) is 10.4. The summed E-state index contributed by atoms with van der Waals surface area (Å²) >= 11 is 0. The van der Waals surface area contributed by atoms with Crippen molar-refractivity contribution in [1.29, 1.82) is 0 Å². The number of nitrogens with one attached hydrogen (secondary N) is 1. The maximum atomic E-state index is 13.0. The molecule has 1 aliphatic carbocycles. The third-order valence-corrected chi connectivity index (χ3v) is 4.82. The number of carboxylic acids is 1. The maximum Gasteiger partial charge on any atom is 0.330 e. The number of carbonyl (C=O) groups is 2. The van der Waals surface area contributed by atoms with Crippen molar-refractivity contribution in [2.24, 2.45) is 5.92 Å². The van der Waals surface area contributed by atoms with Crippen molar-refractivity contribution in [3.8, 4) is 0 Å². The van der Waals surface area contributed by atoms with Gasteiger partial charge in [-0.3, -0.25) is 4.79 Å². The van der Waals surface area contributed by atoms with Gasteiger partial charge in [-0.15, -0.1) is 0 Å². The van der Waals surface area contributed by atoms with E-state index in [0.29, 0.717) is 12.0 Å². The van der Waals surface area contributed by atoms with Gasteiger partial charge in [-0.2, -0.15) is 0 Å². The van der Waals surface area contributed by atoms with Crippen molar-refractivity contribution in [3.05, 3.63) is 70.5 Å². The number of carboxylic acid groups (broad SMARTS) is 1. The molecule has 0 aromatic heterocycles. The molecule has 5 heteroatoms. The Morgan fingerprint density at radius 2 is 1.80 bits per heavy atom. The summed E-state index contributed by atoms with van der Waals surface area (Å²) in [6.07, 6.45) is 0.650. The number of aryl methyl sites for hydroxylation is 2. The normalized spacial score (nSPS) is 20.0. The van der Waals surface area contributed by atoms with E-state index < -0.39 is 12.0 Å². The smallest absolute Gasteiger partial charge is 0.330 e. The summed E-state index contributed by atoms with van der Waals surface area (Å²) in [5.74, 6) is -1.92. The fraction of sp³-hybridized carbons (Fsp3) is 0.300. The first kappa shape index (κ1) is 17.1. The molecule has 4 nitrogen and oxygen atoms in total. The van der Waals surface area contributed by atoms with Crippen molar-refractivity contribution in [2.45, 2.75) is 32.2 Å². The monoisotopic (exact) mass is 341 g/mol. The Hall–Kier alpha value is -2.69. The van der Waals surface area contributed by atoms with Crippen molar-refractivity contribution in [2.75, 3.05) is 0 Å². The first-order chi connectivity index (χ1) is 11.9. The summed E-state index contributed by atoms with van der Waals surface area (Å²) in [5, 5.41) is 12.1. The van der Waals surface area contributed by atoms with E-state index in [1.807, 2.05) is 19.9 Å². The fourth-order valence-corrected chi connectivity index (χ4v) is 3.04. The summed E-state index contributed by atoms with van der Waals surface area (Å²) in [7, 11) is 0. The van der Waals surface area contributed by atoms with Crippen molar-refractivity contribution >= 4 is 11.9 Å². The van der Waals surface area contributed by atoms with Gasteiger partial charge in [0.15, 0.2) is 6.04 Å². The number of hydrogen-bond acceptors (Lipinski definition) is 2. The molecule has 2 aromatic rings. The number of aliphatic carboxylic acids is 1. The molecule has 0 spiro atoms. The van der Waals surface area contributed by atoms with E-state index in [1.165, 1.54) is 12.1 Å². The molecule has 0 radical (unpaired) electrons. The SMILES string of the molecule is Cc1ccc(C(NC(=O)C2CC2c2ccc(F)cc2)C(=O)O)cc1C. The lowest BCUT2D eigenvalue weighted by Gasteiger charge is -2.16. The van der Waals surface area contributed by atoms with E-state index in [4.69, 9.17) is 0 Å². The molecule has 0 heterocycles. The van der Waals surface area contributed by atoms with Crippen LogP contribution in [-0.4, -0.2) is 17.0 Å². The molecule has 0 aliphatic heterocycles. The van der Waals surface area contributed by atoms with Crippen molar-refractivity contribution in [1.82, 2.24) is 5.32 Å². The van der Waals surface area contributed by atoms with Crippen LogP contribution in [0.15, 0.2) is 42.5 Å². The molecule has 1 saturated carbocycles. The lowest BCUT2D eigenvalue weighted by molar-refractivity contribution is -0.142. The van der Waals surface area contributed by atoms with Crippen molar-refractivity contribution < 1.29 is 19.1 Å². The molecule has 0 saturated heterocycles. The number of rotatable bonds is 5. The molecule has 0 bridgehead atoms. The molecule has 1 fully saturated rings. The quantitative estimate of drug-likeness (QED) is 0.875. The highest BCUT2D eigenvalue weighted by atomic mass is 19.1. The van der Waals surface area contributed by atoms with Crippen LogP contribution >= 0.6 is 0 Å². The lowest BCUT2D eigenvalue weighted by atomic mass is 10.0. The Bertz CT molecular complexity index is 816. The molecule has 3 rings (SSSR count). The Morgan fingerprint density at radius 3 is 2.40 bits per heavy atom. The summed E-state index contributed by atoms with van der Waals surface area (Å²) < 4.78 is 13.0. The molecular formula is C20H20FNO3. The van der Waals surface area contributed by atoms with Gasteiger partial charge in [0.1, 0.15) is 5.82 Å². The van der Waals surface area contributed by atoms with E-state index in [0.717, 1.165) is 16.7 Å². The average Bonchev–Trinajstić information content (AvgIpc) is 3.36. The zero-order valence-electron chi connectivity index (χ0n) is 14.1. The predicted octanol–water partition coefficient (Wildman–Crippen LogP) is 3.49. The molecule has 1 amide bonds. The molecule has 3 atom stereocenters. The Morgan fingerprint density at radius 1 is 1.12 bits per heavy atom. The van der Waals surface area contributed by atoms with Crippen molar-refractivity contribution in [3.63, 3.8) is 0 Å². The average molecular weight is 341 g/mol. The minimum Gasteiger partial charge on any atom is -0.479 e. The zero-order chi connectivity index (χ0) is 18.1. The van der Waals surface area contributed by atoms with E-state index >= 15 is 0 Å². The number of amides is 1. The summed E-state index contributed by atoms with van der Waals surface area (Å²) in [4.78, 5) is 24.1. The Labute approximate surface area is 145 Å². The Kier molecular flexibility index (Phi) is 4.57. The minimum atomic E-state index is -1.09. The van der Waals surface area contributed by atoms with E-state index in [2.05, 4.69) is 5.32 Å². The Balaban J connectivity index is 1.71. The molecule has 1 aliphatic rings. The van der Waals surface area contributed by atoms with E-state index in [9.17, 15) is 19.1 Å². The largest absolute Gasteiger partial charge is 0.479 e. The third-order valence-electron chi connectivity index (χ3n) is 4.82. The van der Waals surface area contributed by atoms with Gasteiger partial charge < -0.3 is 10.4 Å². The second-order valence-electron chi connectivity index (χ2n) is 6.62. The van der Waals surface area contributed by atoms with Gasteiger partial charge in [0, 0.05) is 5.92 Å². The number of halogens is 1. The van der Waals surface area contributed by atoms with Crippen LogP contribution in [-0.2, 0) is 9.59 Å². The number of hydrogen-bond donors (Lipinski definition) is 2. The number of benzene rings is 2. The van der Waals surface area contributed by atoms with Crippen LogP contribution in [0.1, 0.15) is 40.6 Å². The van der Waals surface area contributed by atoms with Gasteiger partial charge in [-0.1, -0.05) is 30.3 Å². The lowest BCUT2D eigenvalue weighted by Crippen LogP contribution is -2.35. The zero-order valence-corrected chi connectivity index (χ0v) is 14.1. The third kappa shape index (κ3) is 3.71. The molecule has 130 valence electrons. The predicted molar refractivity (Wildman–Crippen MR) is 91.7 cm³/mol. The summed E-state index contributed by atoms with van der Waals surface area (Å²) in [5.41, 5.74) is 3.51. The van der Waals surface area contributed by atoms with Crippen LogP contribution < -0.4 is 5.32 Å². The van der Waals surface area contributed by atoms with Gasteiger partial charge in [-0.25, -0.2) is 9.18 Å². The van der Waals surface area contributed by atoms with Crippen LogP contribution in [0, 0.1) is 25.6 Å². The molecule has 3 unspecified atom stereocenters. The van der Waals surface area contributed by atoms with Crippen LogP contribution in [0.3, 0.4) is 0 Å². The van der Waals surface area contributed by atoms with Gasteiger partial charge in [0.2, 0.25) is 5.91 Å². The highest BCUT2D eigenvalue weighted by molar-refractivity contribution is 5.88. The molecule has 2 N–H and O–H groups in total. The maximum absolute atomic E-state index is 13.0. The molecule has 2 aromatic carbocycles. The van der Waals surface area contributed by atoms with E-state index in [1.54, 1.807) is 24.3 Å². The van der Waals surface area contributed by atoms with Gasteiger partial charge in [0.25, 0.3) is 0 Å². The highest BCUT2D eigenvalue weighted by Crippen LogP contribution is 2.47. The van der Waals surface area contributed by atoms with Gasteiger partial charge >= 0.3 is 5.97 Å². The standard InChI is InChI=1S/C20H20FNO3/c1-11-3-4-14(9-12(11)2)18(20(24)25)22-19(23)17-10-16(17)13-5-7-15(21)8-6-13/h3-9,16-18H,10H2,1-2H3,(H,22,23)(H,24,25). The first-order valence-electron chi connectivity index (χ1n) is 8.22. The second-order valence-corrected chi connectivity index (χ2v) is 6.62. The van der Waals surface area contributed by atoms with Gasteiger partial charge in [0.05, 0.1) is 0 Å². The topological polar surface area (TPSA) is 66.4 Å². The van der Waals surface area contributed by atoms with Gasteiger partial charge in [-0.05, 0) is 60.6 Å². The van der Waals surface area contributed by atoms with Crippen LogP contribution in [0.2, 0.25) is 0 Å². The first-order valence-corrected chi connectivity index (χ1v) is 8.22. The second kappa shape index (κ2) is 6.67. The molecular weight excluding hydrogens is 321 g/mol. The molecule has 25 heavy (non-hydrogen) atoms.